The minimum atomic E-state index is -0.541. The largest absolute Gasteiger partial charge is 0.497 e. The van der Waals surface area contributed by atoms with Crippen molar-refractivity contribution in [2.75, 3.05) is 14.2 Å². The fraction of sp³-hybridized carbons (Fsp3) is 0.0833. The highest BCUT2D eigenvalue weighted by molar-refractivity contribution is 5.92. The molecule has 6 nitrogen and oxygen atoms in total. The smallest absolute Gasteiger partial charge is 0.344 e. The van der Waals surface area contributed by atoms with E-state index in [2.05, 4.69) is 0 Å². The Labute approximate surface area is 172 Å². The normalized spacial score (nSPS) is 10.6. The van der Waals surface area contributed by atoms with E-state index in [1.807, 2.05) is 6.07 Å². The Bertz CT molecular complexity index is 1270. The van der Waals surface area contributed by atoms with Gasteiger partial charge in [-0.25, -0.2) is 9.59 Å². The number of hydrogen-bond donors (Lipinski definition) is 0. The molecule has 0 unspecified atom stereocenters. The van der Waals surface area contributed by atoms with Crippen LogP contribution in [0.2, 0.25) is 0 Å². The Hall–Kier alpha value is -4.06. The van der Waals surface area contributed by atoms with Gasteiger partial charge in [0.25, 0.3) is 0 Å². The predicted octanol–water partition coefficient (Wildman–Crippen LogP) is 4.70. The first-order valence-corrected chi connectivity index (χ1v) is 9.16. The molecule has 0 amide bonds. The van der Waals surface area contributed by atoms with Gasteiger partial charge in [0.1, 0.15) is 22.8 Å². The van der Waals surface area contributed by atoms with Crippen molar-refractivity contribution in [3.8, 4) is 28.4 Å². The van der Waals surface area contributed by atoms with Gasteiger partial charge in [-0.05, 0) is 48.5 Å². The van der Waals surface area contributed by atoms with Gasteiger partial charge in [-0.2, -0.15) is 0 Å². The van der Waals surface area contributed by atoms with Crippen LogP contribution in [0.25, 0.3) is 22.1 Å². The maximum atomic E-state index is 12.7. The lowest BCUT2D eigenvalue weighted by Gasteiger charge is -2.10. The van der Waals surface area contributed by atoms with Crippen molar-refractivity contribution in [2.24, 2.45) is 0 Å². The molecule has 6 heteroatoms. The van der Waals surface area contributed by atoms with Crippen LogP contribution in [-0.4, -0.2) is 20.2 Å². The number of fused-ring (bicyclic) bond motifs is 1. The molecular formula is C24H18O6. The zero-order valence-corrected chi connectivity index (χ0v) is 16.4. The lowest BCUT2D eigenvalue weighted by molar-refractivity contribution is 0.0735. The second kappa shape index (κ2) is 8.13. The topological polar surface area (TPSA) is 75.0 Å². The van der Waals surface area contributed by atoms with Gasteiger partial charge in [0.15, 0.2) is 0 Å². The van der Waals surface area contributed by atoms with Crippen molar-refractivity contribution in [3.05, 3.63) is 88.8 Å². The SMILES string of the molecule is COc1ccc(OC)c(-c2cc3ccc(OC(=O)c4ccccc4)cc3oc2=O)c1. The third-order valence-corrected chi connectivity index (χ3v) is 4.62. The summed E-state index contributed by atoms with van der Waals surface area (Å²) in [5, 5.41) is 0.675. The fourth-order valence-electron chi connectivity index (χ4n) is 3.11. The number of carbonyl (C=O) groups is 1. The van der Waals surface area contributed by atoms with E-state index in [4.69, 9.17) is 18.6 Å². The van der Waals surface area contributed by atoms with Gasteiger partial charge in [0, 0.05) is 17.0 Å². The summed E-state index contributed by atoms with van der Waals surface area (Å²) in [6, 6.07) is 20.4. The van der Waals surface area contributed by atoms with E-state index in [0.29, 0.717) is 39.2 Å². The highest BCUT2D eigenvalue weighted by Gasteiger charge is 2.15. The molecule has 0 fully saturated rings. The molecule has 4 rings (SSSR count). The molecule has 0 aliphatic heterocycles. The number of ether oxygens (including phenoxy) is 3. The fourth-order valence-corrected chi connectivity index (χ4v) is 3.11. The number of benzene rings is 3. The molecule has 1 heterocycles. The molecule has 150 valence electrons. The highest BCUT2D eigenvalue weighted by Crippen LogP contribution is 2.33. The summed E-state index contributed by atoms with van der Waals surface area (Å²) < 4.78 is 21.5. The Morgan fingerprint density at radius 2 is 1.57 bits per heavy atom. The standard InChI is InChI=1S/C24H18O6/c1-27-17-10-11-21(28-2)19(13-17)20-12-16-8-9-18(14-22(16)30-24(20)26)29-23(25)15-6-4-3-5-7-15/h3-14H,1-2H3. The number of esters is 1. The molecule has 0 aliphatic rings. The monoisotopic (exact) mass is 402 g/mol. The Morgan fingerprint density at radius 1 is 0.800 bits per heavy atom. The van der Waals surface area contributed by atoms with Crippen LogP contribution in [0.3, 0.4) is 0 Å². The Morgan fingerprint density at radius 3 is 2.30 bits per heavy atom. The van der Waals surface area contributed by atoms with Gasteiger partial charge in [0.05, 0.1) is 25.3 Å². The highest BCUT2D eigenvalue weighted by atomic mass is 16.5. The van der Waals surface area contributed by atoms with E-state index in [1.165, 1.54) is 13.2 Å². The van der Waals surface area contributed by atoms with Crippen molar-refractivity contribution in [3.63, 3.8) is 0 Å². The average Bonchev–Trinajstić information content (AvgIpc) is 2.78. The van der Waals surface area contributed by atoms with E-state index in [0.717, 1.165) is 0 Å². The van der Waals surface area contributed by atoms with Crippen LogP contribution in [0.4, 0.5) is 0 Å². The second-order valence-electron chi connectivity index (χ2n) is 6.47. The molecule has 4 aromatic rings. The molecule has 30 heavy (non-hydrogen) atoms. The second-order valence-corrected chi connectivity index (χ2v) is 6.47. The van der Waals surface area contributed by atoms with Gasteiger partial charge in [-0.1, -0.05) is 18.2 Å². The lowest BCUT2D eigenvalue weighted by Crippen LogP contribution is -2.08. The first-order valence-electron chi connectivity index (χ1n) is 9.16. The predicted molar refractivity (Wildman–Crippen MR) is 112 cm³/mol. The first-order chi connectivity index (χ1) is 14.6. The molecular weight excluding hydrogens is 384 g/mol. The summed E-state index contributed by atoms with van der Waals surface area (Å²) in [6.45, 7) is 0. The van der Waals surface area contributed by atoms with Crippen molar-refractivity contribution < 1.29 is 23.4 Å². The lowest BCUT2D eigenvalue weighted by atomic mass is 10.0. The van der Waals surface area contributed by atoms with E-state index in [1.54, 1.807) is 67.8 Å². The summed E-state index contributed by atoms with van der Waals surface area (Å²) in [5.74, 6) is 0.908. The summed E-state index contributed by atoms with van der Waals surface area (Å²) in [7, 11) is 3.08. The van der Waals surface area contributed by atoms with Gasteiger partial charge in [-0.3, -0.25) is 0 Å². The van der Waals surface area contributed by atoms with Gasteiger partial charge in [-0.15, -0.1) is 0 Å². The van der Waals surface area contributed by atoms with Crippen LogP contribution in [0.15, 0.2) is 82.0 Å². The molecule has 0 saturated carbocycles. The van der Waals surface area contributed by atoms with Crippen LogP contribution in [0.1, 0.15) is 10.4 Å². The number of hydrogen-bond acceptors (Lipinski definition) is 6. The molecule has 0 spiro atoms. The number of carbonyl (C=O) groups excluding carboxylic acids is 1. The van der Waals surface area contributed by atoms with Crippen LogP contribution >= 0.6 is 0 Å². The van der Waals surface area contributed by atoms with Gasteiger partial charge >= 0.3 is 11.6 Å². The quantitative estimate of drug-likeness (QED) is 0.274. The van der Waals surface area contributed by atoms with Crippen molar-refractivity contribution >= 4 is 16.9 Å². The summed E-state index contributed by atoms with van der Waals surface area (Å²) in [6.07, 6.45) is 0. The Balaban J connectivity index is 1.72. The third-order valence-electron chi connectivity index (χ3n) is 4.62. The van der Waals surface area contributed by atoms with Crippen LogP contribution in [0, 0.1) is 0 Å². The molecule has 0 N–H and O–H groups in total. The minimum Gasteiger partial charge on any atom is -0.497 e. The van der Waals surface area contributed by atoms with E-state index < -0.39 is 11.6 Å². The molecule has 0 bridgehead atoms. The number of methoxy groups -OCH3 is 2. The maximum absolute atomic E-state index is 12.7. The van der Waals surface area contributed by atoms with Crippen LogP contribution in [-0.2, 0) is 0 Å². The molecule has 0 atom stereocenters. The molecule has 0 radical (unpaired) electrons. The van der Waals surface area contributed by atoms with Crippen LogP contribution < -0.4 is 19.8 Å². The van der Waals surface area contributed by atoms with Crippen molar-refractivity contribution in [1.82, 2.24) is 0 Å². The van der Waals surface area contributed by atoms with Gasteiger partial charge < -0.3 is 18.6 Å². The van der Waals surface area contributed by atoms with E-state index in [9.17, 15) is 9.59 Å². The first kappa shape index (κ1) is 19.3. The van der Waals surface area contributed by atoms with Crippen molar-refractivity contribution in [1.29, 1.82) is 0 Å². The summed E-state index contributed by atoms with van der Waals surface area (Å²) in [5.41, 5.74) is 1.10. The molecule has 0 aliphatic carbocycles. The maximum Gasteiger partial charge on any atom is 0.344 e. The zero-order chi connectivity index (χ0) is 21.1. The number of rotatable bonds is 5. The zero-order valence-electron chi connectivity index (χ0n) is 16.4. The van der Waals surface area contributed by atoms with Crippen molar-refractivity contribution in [2.45, 2.75) is 0 Å². The Kier molecular flexibility index (Phi) is 5.22. The molecule has 3 aromatic carbocycles. The van der Waals surface area contributed by atoms with Gasteiger partial charge in [0.2, 0.25) is 0 Å². The molecule has 0 saturated heterocycles. The molecule has 1 aromatic heterocycles. The van der Waals surface area contributed by atoms with E-state index >= 15 is 0 Å². The average molecular weight is 402 g/mol. The minimum absolute atomic E-state index is 0.284. The summed E-state index contributed by atoms with van der Waals surface area (Å²) >= 11 is 0. The summed E-state index contributed by atoms with van der Waals surface area (Å²) in [4.78, 5) is 24.9. The third kappa shape index (κ3) is 3.75. The van der Waals surface area contributed by atoms with Crippen LogP contribution in [0.5, 0.6) is 17.2 Å². The van der Waals surface area contributed by atoms with E-state index in [-0.39, 0.29) is 5.75 Å².